The summed E-state index contributed by atoms with van der Waals surface area (Å²) in [5.74, 6) is 1.66. The molecule has 0 spiro atoms. The molecule has 2 aromatic rings. The Morgan fingerprint density at radius 3 is 2.69 bits per heavy atom. The van der Waals surface area contributed by atoms with Gasteiger partial charge in [-0.15, -0.1) is 0 Å². The average molecular weight is 241 g/mol. The first-order valence-corrected chi connectivity index (χ1v) is 5.26. The second-order valence-electron chi connectivity index (χ2n) is 3.49. The van der Waals surface area contributed by atoms with E-state index in [9.17, 15) is 0 Å². The first-order valence-electron chi connectivity index (χ1n) is 4.88. The van der Waals surface area contributed by atoms with Crippen LogP contribution in [0.3, 0.4) is 0 Å². The van der Waals surface area contributed by atoms with Crippen molar-refractivity contribution in [2.45, 2.75) is 13.1 Å². The Morgan fingerprint density at radius 1 is 1.31 bits per heavy atom. The minimum absolute atomic E-state index is 0.616. The third kappa shape index (κ3) is 2.40. The molecular formula is C9H13ClN6. The number of aryl methyl sites for hydroxylation is 1. The first kappa shape index (κ1) is 11.1. The van der Waals surface area contributed by atoms with E-state index in [4.69, 9.17) is 11.6 Å². The van der Waals surface area contributed by atoms with Gasteiger partial charge in [0.05, 0.1) is 19.3 Å². The molecule has 2 rings (SSSR count). The number of rotatable bonds is 4. The highest BCUT2D eigenvalue weighted by atomic mass is 35.5. The molecule has 1 N–H and O–H groups in total. The summed E-state index contributed by atoms with van der Waals surface area (Å²) in [6.07, 6.45) is 3.31. The highest BCUT2D eigenvalue weighted by molar-refractivity contribution is 6.29. The average Bonchev–Trinajstić information content (AvgIpc) is 2.79. The van der Waals surface area contributed by atoms with Crippen LogP contribution in [-0.2, 0) is 27.2 Å². The topological polar surface area (TPSA) is 60.6 Å². The molecule has 6 nitrogen and oxygen atoms in total. The summed E-state index contributed by atoms with van der Waals surface area (Å²) in [6, 6.07) is 0. The molecule has 0 unspecified atom stereocenters. The molecule has 0 radical (unpaired) electrons. The lowest BCUT2D eigenvalue weighted by Gasteiger charge is -2.02. The van der Waals surface area contributed by atoms with Crippen molar-refractivity contribution in [3.63, 3.8) is 0 Å². The van der Waals surface area contributed by atoms with E-state index in [0.717, 1.165) is 11.6 Å². The predicted molar refractivity (Wildman–Crippen MR) is 59.8 cm³/mol. The van der Waals surface area contributed by atoms with E-state index >= 15 is 0 Å². The lowest BCUT2D eigenvalue weighted by molar-refractivity contribution is 0.614. The van der Waals surface area contributed by atoms with Gasteiger partial charge in [-0.3, -0.25) is 4.68 Å². The van der Waals surface area contributed by atoms with Crippen molar-refractivity contribution in [3.8, 4) is 0 Å². The molecule has 0 fully saturated rings. The molecule has 0 saturated heterocycles. The molecule has 2 heterocycles. The maximum atomic E-state index is 5.87. The third-order valence-corrected chi connectivity index (χ3v) is 2.59. The summed E-state index contributed by atoms with van der Waals surface area (Å²) in [5, 5.41) is 8.00. The Morgan fingerprint density at radius 2 is 2.12 bits per heavy atom. The van der Waals surface area contributed by atoms with Crippen molar-refractivity contribution in [1.82, 2.24) is 29.6 Å². The summed E-state index contributed by atoms with van der Waals surface area (Å²) in [5.41, 5.74) is 0. The van der Waals surface area contributed by atoms with Gasteiger partial charge in [0.25, 0.3) is 0 Å². The minimum atomic E-state index is 0.616. The van der Waals surface area contributed by atoms with Crippen LogP contribution < -0.4 is 5.32 Å². The number of halogens is 1. The molecule has 2 aromatic heterocycles. The normalized spacial score (nSPS) is 10.9. The number of imidazole rings is 1. The zero-order valence-corrected chi connectivity index (χ0v) is 9.94. The summed E-state index contributed by atoms with van der Waals surface area (Å²) >= 11 is 5.87. The SMILES string of the molecule is Cn1cnc(CNCc2ncc(Cl)n2C)n1. The quantitative estimate of drug-likeness (QED) is 0.845. The highest BCUT2D eigenvalue weighted by Crippen LogP contribution is 2.08. The standard InChI is InChI=1S/C9H13ClN6/c1-15-6-13-8(14-15)4-11-5-9-12-3-7(10)16(9)2/h3,6,11H,4-5H2,1-2H3. The van der Waals surface area contributed by atoms with Gasteiger partial charge in [0.2, 0.25) is 0 Å². The van der Waals surface area contributed by atoms with Gasteiger partial charge in [-0.05, 0) is 0 Å². The maximum Gasteiger partial charge on any atom is 0.164 e. The van der Waals surface area contributed by atoms with Crippen LogP contribution in [0.5, 0.6) is 0 Å². The summed E-state index contributed by atoms with van der Waals surface area (Å²) in [7, 11) is 3.72. The molecular weight excluding hydrogens is 228 g/mol. The van der Waals surface area contributed by atoms with E-state index in [1.165, 1.54) is 0 Å². The zero-order chi connectivity index (χ0) is 11.5. The fourth-order valence-corrected chi connectivity index (χ4v) is 1.49. The molecule has 0 saturated carbocycles. The van der Waals surface area contributed by atoms with E-state index in [0.29, 0.717) is 18.2 Å². The maximum absolute atomic E-state index is 5.87. The van der Waals surface area contributed by atoms with Crippen LogP contribution in [0, 0.1) is 0 Å². The molecule has 0 bridgehead atoms. The van der Waals surface area contributed by atoms with Crippen LogP contribution in [0.4, 0.5) is 0 Å². The number of aromatic nitrogens is 5. The van der Waals surface area contributed by atoms with Gasteiger partial charge in [0.1, 0.15) is 17.3 Å². The molecule has 0 aliphatic carbocycles. The van der Waals surface area contributed by atoms with E-state index in [1.54, 1.807) is 17.2 Å². The van der Waals surface area contributed by atoms with Crippen LogP contribution in [0.1, 0.15) is 11.6 Å². The fraction of sp³-hybridized carbons (Fsp3) is 0.444. The molecule has 0 amide bonds. The Kier molecular flexibility index (Phi) is 3.21. The van der Waals surface area contributed by atoms with Crippen molar-refractivity contribution in [2.24, 2.45) is 14.1 Å². The van der Waals surface area contributed by atoms with Crippen molar-refractivity contribution in [2.75, 3.05) is 0 Å². The second kappa shape index (κ2) is 4.63. The zero-order valence-electron chi connectivity index (χ0n) is 9.18. The van der Waals surface area contributed by atoms with E-state index in [2.05, 4.69) is 20.4 Å². The van der Waals surface area contributed by atoms with Gasteiger partial charge in [-0.25, -0.2) is 9.97 Å². The summed E-state index contributed by atoms with van der Waals surface area (Å²) in [4.78, 5) is 8.28. The molecule has 86 valence electrons. The van der Waals surface area contributed by atoms with Crippen molar-refractivity contribution >= 4 is 11.6 Å². The number of nitrogens with zero attached hydrogens (tertiary/aromatic N) is 5. The van der Waals surface area contributed by atoms with Gasteiger partial charge in [0.15, 0.2) is 5.82 Å². The van der Waals surface area contributed by atoms with E-state index < -0.39 is 0 Å². The summed E-state index contributed by atoms with van der Waals surface area (Å²) < 4.78 is 3.51. The Hall–Kier alpha value is -1.40. The Labute approximate surface area is 98.3 Å². The minimum Gasteiger partial charge on any atom is -0.321 e. The van der Waals surface area contributed by atoms with Crippen molar-refractivity contribution in [1.29, 1.82) is 0 Å². The van der Waals surface area contributed by atoms with Crippen molar-refractivity contribution < 1.29 is 0 Å². The van der Waals surface area contributed by atoms with Crippen LogP contribution >= 0.6 is 11.6 Å². The van der Waals surface area contributed by atoms with Gasteiger partial charge < -0.3 is 9.88 Å². The van der Waals surface area contributed by atoms with Gasteiger partial charge in [-0.2, -0.15) is 5.10 Å². The molecule has 0 atom stereocenters. The highest BCUT2D eigenvalue weighted by Gasteiger charge is 2.04. The molecule has 0 aliphatic heterocycles. The van der Waals surface area contributed by atoms with Crippen molar-refractivity contribution in [3.05, 3.63) is 29.3 Å². The monoisotopic (exact) mass is 240 g/mol. The lowest BCUT2D eigenvalue weighted by Crippen LogP contribution is -2.16. The third-order valence-electron chi connectivity index (χ3n) is 2.24. The van der Waals surface area contributed by atoms with Gasteiger partial charge in [0, 0.05) is 14.1 Å². The van der Waals surface area contributed by atoms with Crippen LogP contribution in [0.2, 0.25) is 5.15 Å². The predicted octanol–water partition coefficient (Wildman–Crippen LogP) is 0.492. The van der Waals surface area contributed by atoms with Gasteiger partial charge >= 0.3 is 0 Å². The van der Waals surface area contributed by atoms with Crippen LogP contribution in [0.25, 0.3) is 0 Å². The van der Waals surface area contributed by atoms with E-state index in [-0.39, 0.29) is 0 Å². The van der Waals surface area contributed by atoms with Crippen LogP contribution in [-0.4, -0.2) is 24.3 Å². The fourth-order valence-electron chi connectivity index (χ4n) is 1.34. The molecule has 0 aromatic carbocycles. The smallest absolute Gasteiger partial charge is 0.164 e. The lowest BCUT2D eigenvalue weighted by atomic mass is 10.5. The Bertz CT molecular complexity index is 474. The van der Waals surface area contributed by atoms with Crippen LogP contribution in [0.15, 0.2) is 12.5 Å². The van der Waals surface area contributed by atoms with E-state index in [1.807, 2.05) is 18.7 Å². The number of hydrogen-bond donors (Lipinski definition) is 1. The molecule has 16 heavy (non-hydrogen) atoms. The molecule has 7 heteroatoms. The number of hydrogen-bond acceptors (Lipinski definition) is 4. The second-order valence-corrected chi connectivity index (χ2v) is 3.88. The number of nitrogens with one attached hydrogen (secondary N) is 1. The Balaban J connectivity index is 1.86. The first-order chi connectivity index (χ1) is 7.66. The molecule has 0 aliphatic rings. The van der Waals surface area contributed by atoms with Gasteiger partial charge in [-0.1, -0.05) is 11.6 Å². The largest absolute Gasteiger partial charge is 0.321 e. The summed E-state index contributed by atoms with van der Waals surface area (Å²) in [6.45, 7) is 1.26.